The first kappa shape index (κ1) is 20.7. The number of benzene rings is 1. The number of thioether (sulfide) groups is 1. The second kappa shape index (κ2) is 9.00. The van der Waals surface area contributed by atoms with Gasteiger partial charge in [-0.2, -0.15) is 11.8 Å². The Bertz CT molecular complexity index is 923. The van der Waals surface area contributed by atoms with Gasteiger partial charge in [0, 0.05) is 11.4 Å². The lowest BCUT2D eigenvalue weighted by atomic mass is 9.96. The van der Waals surface area contributed by atoms with E-state index in [1.54, 1.807) is 42.1 Å². The zero-order valence-electron chi connectivity index (χ0n) is 15.1. The van der Waals surface area contributed by atoms with Crippen molar-refractivity contribution >= 4 is 50.8 Å². The van der Waals surface area contributed by atoms with Crippen LogP contribution in [0.4, 0.5) is 0 Å². The van der Waals surface area contributed by atoms with Gasteiger partial charge in [0.05, 0.1) is 4.90 Å². The topological polar surface area (TPSA) is 65.4 Å². The summed E-state index contributed by atoms with van der Waals surface area (Å²) in [6, 6.07) is 8.30. The average molecular weight is 519 g/mol. The second-order valence-corrected chi connectivity index (χ2v) is 9.64. The Balaban J connectivity index is 2.34. The van der Waals surface area contributed by atoms with Crippen LogP contribution in [0.15, 0.2) is 35.2 Å². The molecular formula is C19H22INO4S2. The first-order valence-corrected chi connectivity index (χ1v) is 12.6. The third kappa shape index (κ3) is 4.07. The van der Waals surface area contributed by atoms with Crippen LogP contribution < -0.4 is 0 Å². The monoisotopic (exact) mass is 519 g/mol. The number of rotatable bonds is 5. The van der Waals surface area contributed by atoms with Crippen molar-refractivity contribution < 1.29 is 16.3 Å². The van der Waals surface area contributed by atoms with E-state index in [-0.39, 0.29) is 10.6 Å². The molecule has 0 amide bonds. The largest absolute Gasteiger partial charge is 0.390 e. The second-order valence-electron chi connectivity index (χ2n) is 6.55. The lowest BCUT2D eigenvalue weighted by molar-refractivity contribution is 0.0792. The van der Waals surface area contributed by atoms with Gasteiger partial charge < -0.3 is 3.07 Å². The number of hydrogen-bond donors (Lipinski definition) is 0. The van der Waals surface area contributed by atoms with E-state index in [9.17, 15) is 13.2 Å². The fraction of sp³-hybridized carbons (Fsp3) is 0.421. The zero-order valence-corrected chi connectivity index (χ0v) is 18.9. The molecule has 3 rings (SSSR count). The summed E-state index contributed by atoms with van der Waals surface area (Å²) in [4.78, 5) is 12.9. The molecule has 0 unspecified atom stereocenters. The Kier molecular flexibility index (Phi) is 6.91. The van der Waals surface area contributed by atoms with Crippen LogP contribution in [0.5, 0.6) is 0 Å². The lowest BCUT2D eigenvalue weighted by Gasteiger charge is -2.15. The zero-order chi connectivity index (χ0) is 19.4. The van der Waals surface area contributed by atoms with Gasteiger partial charge in [-0.1, -0.05) is 31.0 Å². The molecule has 0 saturated heterocycles. The molecule has 8 heteroatoms. The highest BCUT2D eigenvalue weighted by Crippen LogP contribution is 2.34. The van der Waals surface area contributed by atoms with Crippen molar-refractivity contribution in [2.24, 2.45) is 0 Å². The SMILES string of the molecule is CSCc1c2c(n(S(=O)(=O)c3ccccc3)c1C(=O)OI)CCCCCC2. The Labute approximate surface area is 178 Å². The molecule has 2 aromatic rings. The molecule has 1 aromatic heterocycles. The van der Waals surface area contributed by atoms with Gasteiger partial charge in [0.15, 0.2) is 23.0 Å². The summed E-state index contributed by atoms with van der Waals surface area (Å²) < 4.78 is 33.3. The van der Waals surface area contributed by atoms with Crippen molar-refractivity contribution in [2.75, 3.05) is 6.26 Å². The minimum absolute atomic E-state index is 0.162. The number of carbonyl (C=O) groups is 1. The van der Waals surface area contributed by atoms with E-state index in [0.29, 0.717) is 12.2 Å². The van der Waals surface area contributed by atoms with E-state index in [2.05, 4.69) is 0 Å². The smallest absolute Gasteiger partial charge is 0.365 e. The fourth-order valence-electron chi connectivity index (χ4n) is 3.70. The number of fused-ring (bicyclic) bond motifs is 1. The van der Waals surface area contributed by atoms with Gasteiger partial charge in [-0.3, -0.25) is 0 Å². The molecule has 0 bridgehead atoms. The molecule has 5 nitrogen and oxygen atoms in total. The van der Waals surface area contributed by atoms with Crippen LogP contribution in [-0.4, -0.2) is 24.6 Å². The summed E-state index contributed by atoms with van der Waals surface area (Å²) in [6.07, 6.45) is 7.51. The van der Waals surface area contributed by atoms with Crippen molar-refractivity contribution in [1.82, 2.24) is 3.97 Å². The Morgan fingerprint density at radius 1 is 1.15 bits per heavy atom. The highest BCUT2D eigenvalue weighted by Gasteiger charge is 2.34. The maximum absolute atomic E-state index is 13.5. The van der Waals surface area contributed by atoms with Crippen LogP contribution in [0.3, 0.4) is 0 Å². The molecule has 0 radical (unpaired) electrons. The van der Waals surface area contributed by atoms with Crippen LogP contribution in [0.25, 0.3) is 0 Å². The van der Waals surface area contributed by atoms with Crippen molar-refractivity contribution in [1.29, 1.82) is 0 Å². The van der Waals surface area contributed by atoms with Crippen molar-refractivity contribution in [3.8, 4) is 0 Å². The number of halogens is 1. The van der Waals surface area contributed by atoms with Crippen LogP contribution in [0.1, 0.15) is 53.0 Å². The van der Waals surface area contributed by atoms with E-state index in [0.717, 1.165) is 48.9 Å². The quantitative estimate of drug-likeness (QED) is 0.534. The Hall–Kier alpha value is -1.00. The summed E-state index contributed by atoms with van der Waals surface area (Å²) in [5.41, 5.74) is 2.73. The molecule has 0 atom stereocenters. The van der Waals surface area contributed by atoms with Crippen LogP contribution in [0.2, 0.25) is 0 Å². The Morgan fingerprint density at radius 2 is 1.81 bits per heavy atom. The molecular weight excluding hydrogens is 497 g/mol. The summed E-state index contributed by atoms with van der Waals surface area (Å²) in [6.45, 7) is 0. The number of aromatic nitrogens is 1. The minimum Gasteiger partial charge on any atom is -0.390 e. The molecule has 0 aliphatic heterocycles. The van der Waals surface area contributed by atoms with E-state index < -0.39 is 16.0 Å². The van der Waals surface area contributed by atoms with Gasteiger partial charge in [0.2, 0.25) is 0 Å². The highest BCUT2D eigenvalue weighted by molar-refractivity contribution is 14.1. The standard InChI is InChI=1S/C19H22INO4S2/c1-26-13-16-15-11-7-2-3-8-12-17(15)21(18(16)19(22)25-20)27(23,24)14-9-5-4-6-10-14/h4-6,9-10H,2-3,7-8,11-13H2,1H3. The molecule has 1 aliphatic carbocycles. The van der Waals surface area contributed by atoms with Gasteiger partial charge in [0.25, 0.3) is 10.0 Å². The maximum atomic E-state index is 13.5. The summed E-state index contributed by atoms with van der Waals surface area (Å²) >= 11 is 3.12. The average Bonchev–Trinajstić information content (AvgIpc) is 2.95. The van der Waals surface area contributed by atoms with Gasteiger partial charge in [0.1, 0.15) is 5.69 Å². The van der Waals surface area contributed by atoms with E-state index >= 15 is 0 Å². The number of nitrogens with zero attached hydrogens (tertiary/aromatic N) is 1. The van der Waals surface area contributed by atoms with Crippen molar-refractivity contribution in [3.63, 3.8) is 0 Å². The molecule has 27 heavy (non-hydrogen) atoms. The van der Waals surface area contributed by atoms with E-state index in [1.807, 2.05) is 6.26 Å². The molecule has 0 saturated carbocycles. The third-order valence-electron chi connectivity index (χ3n) is 4.87. The minimum atomic E-state index is -3.89. The summed E-state index contributed by atoms with van der Waals surface area (Å²) in [7, 11) is -3.89. The Morgan fingerprint density at radius 3 is 2.44 bits per heavy atom. The number of carbonyl (C=O) groups excluding carboxylic acids is 1. The van der Waals surface area contributed by atoms with Crippen LogP contribution >= 0.6 is 34.8 Å². The first-order chi connectivity index (χ1) is 13.0. The molecule has 1 aromatic carbocycles. The predicted molar refractivity (Wildman–Crippen MR) is 116 cm³/mol. The lowest BCUT2D eigenvalue weighted by Crippen LogP contribution is -2.22. The fourth-order valence-corrected chi connectivity index (χ4v) is 6.13. The van der Waals surface area contributed by atoms with E-state index in [1.165, 1.54) is 27.0 Å². The summed E-state index contributed by atoms with van der Waals surface area (Å²) in [5, 5.41) is 0. The molecule has 0 N–H and O–H groups in total. The van der Waals surface area contributed by atoms with E-state index in [4.69, 9.17) is 3.07 Å². The third-order valence-corrected chi connectivity index (χ3v) is 7.60. The first-order valence-electron chi connectivity index (χ1n) is 8.90. The highest BCUT2D eigenvalue weighted by atomic mass is 127. The molecule has 0 spiro atoms. The van der Waals surface area contributed by atoms with Gasteiger partial charge in [-0.15, -0.1) is 0 Å². The van der Waals surface area contributed by atoms with Gasteiger partial charge >= 0.3 is 5.97 Å². The predicted octanol–water partition coefficient (Wildman–Crippen LogP) is 4.75. The van der Waals surface area contributed by atoms with Crippen LogP contribution in [-0.2, 0) is 31.7 Å². The van der Waals surface area contributed by atoms with Crippen LogP contribution in [0, 0.1) is 0 Å². The molecule has 0 fully saturated rings. The van der Waals surface area contributed by atoms with Crippen molar-refractivity contribution in [2.45, 2.75) is 49.2 Å². The number of hydrogen-bond acceptors (Lipinski definition) is 5. The maximum Gasteiger partial charge on any atom is 0.365 e. The van der Waals surface area contributed by atoms with Gasteiger partial charge in [-0.05, 0) is 55.2 Å². The molecule has 146 valence electrons. The normalized spacial score (nSPS) is 14.9. The van der Waals surface area contributed by atoms with Crippen molar-refractivity contribution in [3.05, 3.63) is 52.8 Å². The molecule has 1 heterocycles. The molecule has 1 aliphatic rings. The summed E-state index contributed by atoms with van der Waals surface area (Å²) in [5.74, 6) is -0.0216. The van der Waals surface area contributed by atoms with Gasteiger partial charge in [-0.25, -0.2) is 17.2 Å².